The second kappa shape index (κ2) is 5.64. The highest BCUT2D eigenvalue weighted by atomic mass is 32.1. The first kappa shape index (κ1) is 14.9. The van der Waals surface area contributed by atoms with Gasteiger partial charge in [-0.1, -0.05) is 34.1 Å². The zero-order valence-corrected chi connectivity index (χ0v) is 12.3. The van der Waals surface area contributed by atoms with Gasteiger partial charge in [0.25, 0.3) is 0 Å². The summed E-state index contributed by atoms with van der Waals surface area (Å²) in [5.74, 6) is 0.528. The number of carboxylic acid groups (broad SMARTS) is 1. The molecule has 0 spiro atoms. The SMILES string of the molecule is CCC(C(=O)O)C1CC(C)CCC1C(C)(C)S. The lowest BCUT2D eigenvalue weighted by Crippen LogP contribution is -2.41. The fraction of sp³-hybridized carbons (Fsp3) is 0.929. The Kier molecular flexibility index (Phi) is 4.94. The van der Waals surface area contributed by atoms with Crippen molar-refractivity contribution in [1.29, 1.82) is 0 Å². The van der Waals surface area contributed by atoms with Gasteiger partial charge in [0.15, 0.2) is 0 Å². The van der Waals surface area contributed by atoms with Crippen LogP contribution >= 0.6 is 12.6 Å². The van der Waals surface area contributed by atoms with Gasteiger partial charge in [0.05, 0.1) is 5.92 Å². The van der Waals surface area contributed by atoms with Crippen LogP contribution in [0.3, 0.4) is 0 Å². The molecule has 1 aliphatic rings. The minimum Gasteiger partial charge on any atom is -0.481 e. The Morgan fingerprint density at radius 1 is 1.47 bits per heavy atom. The molecule has 0 aromatic carbocycles. The van der Waals surface area contributed by atoms with E-state index in [1.165, 1.54) is 6.42 Å². The molecule has 100 valence electrons. The van der Waals surface area contributed by atoms with E-state index in [0.717, 1.165) is 19.3 Å². The van der Waals surface area contributed by atoms with E-state index in [1.54, 1.807) is 0 Å². The van der Waals surface area contributed by atoms with E-state index in [0.29, 0.717) is 11.8 Å². The van der Waals surface area contributed by atoms with E-state index in [-0.39, 0.29) is 16.6 Å². The molecule has 4 atom stereocenters. The second-order valence-corrected chi connectivity index (χ2v) is 7.35. The van der Waals surface area contributed by atoms with Crippen molar-refractivity contribution in [2.75, 3.05) is 0 Å². The summed E-state index contributed by atoms with van der Waals surface area (Å²) >= 11 is 4.70. The number of hydrogen-bond donors (Lipinski definition) is 2. The molecule has 0 bridgehead atoms. The molecule has 4 unspecified atom stereocenters. The van der Waals surface area contributed by atoms with Gasteiger partial charge in [-0.15, -0.1) is 0 Å². The molecule has 0 saturated heterocycles. The van der Waals surface area contributed by atoms with Crippen LogP contribution in [0.25, 0.3) is 0 Å². The second-order valence-electron chi connectivity index (χ2n) is 6.20. The first-order valence-corrected chi connectivity index (χ1v) is 7.17. The van der Waals surface area contributed by atoms with Crippen molar-refractivity contribution in [3.8, 4) is 0 Å². The fourth-order valence-corrected chi connectivity index (χ4v) is 3.73. The number of thiol groups is 1. The van der Waals surface area contributed by atoms with Crippen molar-refractivity contribution >= 4 is 18.6 Å². The normalized spacial score (nSPS) is 32.2. The van der Waals surface area contributed by atoms with Gasteiger partial charge in [0.2, 0.25) is 0 Å². The molecule has 1 saturated carbocycles. The summed E-state index contributed by atoms with van der Waals surface area (Å²) in [4.78, 5) is 11.4. The highest BCUT2D eigenvalue weighted by Crippen LogP contribution is 2.46. The predicted molar refractivity (Wildman–Crippen MR) is 74.5 cm³/mol. The monoisotopic (exact) mass is 258 g/mol. The van der Waals surface area contributed by atoms with Crippen molar-refractivity contribution in [2.45, 2.75) is 58.1 Å². The van der Waals surface area contributed by atoms with Gasteiger partial charge in [-0.25, -0.2) is 0 Å². The standard InChI is InChI=1S/C14H26O2S/c1-5-10(13(15)16)11-8-9(2)6-7-12(11)14(3,4)17/h9-12,17H,5-8H2,1-4H3,(H,15,16). The lowest BCUT2D eigenvalue weighted by Gasteiger charge is -2.44. The molecule has 1 rings (SSSR count). The Morgan fingerprint density at radius 2 is 2.06 bits per heavy atom. The number of carboxylic acids is 1. The Balaban J connectivity index is 2.91. The Hall–Kier alpha value is -0.180. The zero-order chi connectivity index (χ0) is 13.2. The van der Waals surface area contributed by atoms with Crippen molar-refractivity contribution < 1.29 is 9.90 Å². The molecule has 1 N–H and O–H groups in total. The number of hydrogen-bond acceptors (Lipinski definition) is 2. The molecule has 0 amide bonds. The van der Waals surface area contributed by atoms with Gasteiger partial charge in [-0.05, 0) is 37.0 Å². The smallest absolute Gasteiger partial charge is 0.306 e. The molecule has 3 heteroatoms. The number of aliphatic carboxylic acids is 1. The van der Waals surface area contributed by atoms with Crippen molar-refractivity contribution in [1.82, 2.24) is 0 Å². The van der Waals surface area contributed by atoms with Crippen LogP contribution in [0, 0.1) is 23.7 Å². The maximum atomic E-state index is 11.4. The maximum absolute atomic E-state index is 11.4. The fourth-order valence-electron chi connectivity index (χ4n) is 3.41. The highest BCUT2D eigenvalue weighted by Gasteiger charge is 2.42. The van der Waals surface area contributed by atoms with Gasteiger partial charge in [0.1, 0.15) is 0 Å². The topological polar surface area (TPSA) is 37.3 Å². The minimum atomic E-state index is -0.630. The van der Waals surface area contributed by atoms with Crippen LogP contribution in [0.2, 0.25) is 0 Å². The maximum Gasteiger partial charge on any atom is 0.306 e. The van der Waals surface area contributed by atoms with E-state index in [4.69, 9.17) is 12.6 Å². The predicted octanol–water partition coefficient (Wildman–Crippen LogP) is 3.86. The summed E-state index contributed by atoms with van der Waals surface area (Å²) in [5, 5.41) is 9.37. The third-order valence-corrected chi connectivity index (χ3v) is 4.67. The molecule has 17 heavy (non-hydrogen) atoms. The van der Waals surface area contributed by atoms with Crippen LogP contribution in [-0.2, 0) is 4.79 Å². The molecule has 0 radical (unpaired) electrons. The summed E-state index contributed by atoms with van der Waals surface area (Å²) < 4.78 is -0.0757. The molecule has 0 heterocycles. The first-order chi connectivity index (χ1) is 7.77. The van der Waals surface area contributed by atoms with E-state index >= 15 is 0 Å². The van der Waals surface area contributed by atoms with E-state index in [2.05, 4.69) is 20.8 Å². The van der Waals surface area contributed by atoms with E-state index < -0.39 is 5.97 Å². The highest BCUT2D eigenvalue weighted by molar-refractivity contribution is 7.81. The largest absolute Gasteiger partial charge is 0.481 e. The summed E-state index contributed by atoms with van der Waals surface area (Å²) in [6, 6.07) is 0. The molecular formula is C14H26O2S. The number of rotatable bonds is 4. The third-order valence-electron chi connectivity index (χ3n) is 4.34. The van der Waals surface area contributed by atoms with Gasteiger partial charge < -0.3 is 5.11 Å². The average molecular weight is 258 g/mol. The van der Waals surface area contributed by atoms with Gasteiger partial charge >= 0.3 is 5.97 Å². The van der Waals surface area contributed by atoms with Gasteiger partial charge in [0, 0.05) is 4.75 Å². The van der Waals surface area contributed by atoms with Gasteiger partial charge in [-0.3, -0.25) is 4.79 Å². The van der Waals surface area contributed by atoms with Crippen LogP contribution in [-0.4, -0.2) is 15.8 Å². The average Bonchev–Trinajstić information content (AvgIpc) is 2.16. The summed E-state index contributed by atoms with van der Waals surface area (Å²) in [7, 11) is 0. The molecule has 2 nitrogen and oxygen atoms in total. The number of carbonyl (C=O) groups is 1. The summed E-state index contributed by atoms with van der Waals surface area (Å²) in [5.41, 5.74) is 0. The third kappa shape index (κ3) is 3.64. The van der Waals surface area contributed by atoms with E-state index in [9.17, 15) is 9.90 Å². The first-order valence-electron chi connectivity index (χ1n) is 6.72. The molecular weight excluding hydrogens is 232 g/mol. The van der Waals surface area contributed by atoms with Crippen LogP contribution < -0.4 is 0 Å². The van der Waals surface area contributed by atoms with Crippen LogP contribution in [0.4, 0.5) is 0 Å². The quantitative estimate of drug-likeness (QED) is 0.751. The zero-order valence-electron chi connectivity index (χ0n) is 11.4. The van der Waals surface area contributed by atoms with Crippen molar-refractivity contribution in [2.24, 2.45) is 23.7 Å². The molecule has 1 aliphatic carbocycles. The Labute approximate surface area is 111 Å². The molecule has 0 aliphatic heterocycles. The van der Waals surface area contributed by atoms with Crippen LogP contribution in [0.1, 0.15) is 53.4 Å². The Morgan fingerprint density at radius 3 is 2.47 bits per heavy atom. The van der Waals surface area contributed by atoms with Gasteiger partial charge in [-0.2, -0.15) is 12.6 Å². The summed E-state index contributed by atoms with van der Waals surface area (Å²) in [6.07, 6.45) is 4.10. The molecule has 0 aromatic heterocycles. The molecule has 1 fully saturated rings. The lowest BCUT2D eigenvalue weighted by molar-refractivity contribution is -0.145. The summed E-state index contributed by atoms with van der Waals surface area (Å²) in [6.45, 7) is 8.47. The van der Waals surface area contributed by atoms with E-state index in [1.807, 2.05) is 6.92 Å². The van der Waals surface area contributed by atoms with Crippen molar-refractivity contribution in [3.05, 3.63) is 0 Å². The van der Waals surface area contributed by atoms with Crippen molar-refractivity contribution in [3.63, 3.8) is 0 Å². The van der Waals surface area contributed by atoms with Crippen LogP contribution in [0.15, 0.2) is 0 Å². The lowest BCUT2D eigenvalue weighted by atomic mass is 9.64. The van der Waals surface area contributed by atoms with Crippen LogP contribution in [0.5, 0.6) is 0 Å². The minimum absolute atomic E-state index is 0.0757. The molecule has 0 aromatic rings. The Bertz CT molecular complexity index is 270.